The highest BCUT2D eigenvalue weighted by atomic mass is 16.5. The first-order valence-electron chi connectivity index (χ1n) is 11.5. The first kappa shape index (κ1) is 22.9. The predicted molar refractivity (Wildman–Crippen MR) is 128 cm³/mol. The van der Waals surface area contributed by atoms with E-state index in [9.17, 15) is 9.59 Å². The number of nitrogens with one attached hydrogen (secondary N) is 2. The lowest BCUT2D eigenvalue weighted by Gasteiger charge is -2.30. The number of hydrogen-bond acceptors (Lipinski definition) is 5. The van der Waals surface area contributed by atoms with Crippen LogP contribution in [0.15, 0.2) is 48.2 Å². The number of benzene rings is 2. The van der Waals surface area contributed by atoms with Gasteiger partial charge in [0.25, 0.3) is 11.8 Å². The van der Waals surface area contributed by atoms with E-state index in [4.69, 9.17) is 9.47 Å². The summed E-state index contributed by atoms with van der Waals surface area (Å²) in [6, 6.07) is 12.4. The molecular formula is C26H31N3O4. The van der Waals surface area contributed by atoms with Crippen LogP contribution in [0.1, 0.15) is 42.1 Å². The molecule has 1 atom stereocenters. The van der Waals surface area contributed by atoms with E-state index in [1.165, 1.54) is 12.8 Å². The number of rotatable bonds is 7. The van der Waals surface area contributed by atoms with E-state index >= 15 is 0 Å². The summed E-state index contributed by atoms with van der Waals surface area (Å²) in [5, 5.41) is 5.80. The van der Waals surface area contributed by atoms with Crippen LogP contribution >= 0.6 is 0 Å². The molecule has 2 aliphatic rings. The normalized spacial score (nSPS) is 19.4. The number of fused-ring (bicyclic) bond motifs is 1. The largest absolute Gasteiger partial charge is 0.496 e. The van der Waals surface area contributed by atoms with Crippen molar-refractivity contribution >= 4 is 23.6 Å². The summed E-state index contributed by atoms with van der Waals surface area (Å²) in [5.41, 5.74) is 1.71. The third kappa shape index (κ3) is 5.73. The molecule has 174 valence electrons. The average molecular weight is 450 g/mol. The first-order valence-corrected chi connectivity index (χ1v) is 11.5. The molecule has 0 radical (unpaired) electrons. The Morgan fingerprint density at radius 2 is 2.15 bits per heavy atom. The minimum absolute atomic E-state index is 0.158. The molecule has 2 N–H and O–H groups in total. The van der Waals surface area contributed by atoms with Crippen LogP contribution in [0.25, 0.3) is 6.08 Å². The molecular weight excluding hydrogens is 418 g/mol. The number of piperidine rings is 1. The Labute approximate surface area is 194 Å². The topological polar surface area (TPSA) is 79.9 Å². The maximum absolute atomic E-state index is 12.6. The van der Waals surface area contributed by atoms with E-state index in [0.717, 1.165) is 37.5 Å². The summed E-state index contributed by atoms with van der Waals surface area (Å²) in [4.78, 5) is 27.6. The van der Waals surface area contributed by atoms with Crippen molar-refractivity contribution in [3.8, 4) is 11.5 Å². The Hall–Kier alpha value is -3.32. The number of methoxy groups -OCH3 is 1. The van der Waals surface area contributed by atoms with Gasteiger partial charge in [0.05, 0.1) is 12.8 Å². The standard InChI is InChI=1S/C26H31N3O4/c1-18-7-5-13-29(17-18)14-6-12-27-25(30)20-10-11-23-21(15-20)28-26(31)24(33-23)16-19-8-3-4-9-22(19)32-2/h3-4,8-11,15-16,18H,5-7,12-14,17H2,1-2H3,(H,27,30)(H,28,31)/b24-16+. The molecule has 1 saturated heterocycles. The molecule has 1 fully saturated rings. The highest BCUT2D eigenvalue weighted by molar-refractivity contribution is 6.09. The number of amides is 2. The zero-order valence-corrected chi connectivity index (χ0v) is 19.2. The number of anilines is 1. The number of carbonyl (C=O) groups excluding carboxylic acids is 2. The summed E-state index contributed by atoms with van der Waals surface area (Å²) < 4.78 is 11.1. The number of carbonyl (C=O) groups is 2. The van der Waals surface area contributed by atoms with Gasteiger partial charge in [-0.25, -0.2) is 0 Å². The van der Waals surface area contributed by atoms with E-state index in [2.05, 4.69) is 22.5 Å². The summed E-state index contributed by atoms with van der Waals surface area (Å²) in [7, 11) is 1.58. The van der Waals surface area contributed by atoms with Crippen LogP contribution < -0.4 is 20.1 Å². The number of likely N-dealkylation sites (tertiary alicyclic amines) is 1. The lowest BCUT2D eigenvalue weighted by atomic mass is 10.0. The summed E-state index contributed by atoms with van der Waals surface area (Å²) >= 11 is 0. The molecule has 0 spiro atoms. The summed E-state index contributed by atoms with van der Waals surface area (Å²) in [6.07, 6.45) is 5.12. The van der Waals surface area contributed by atoms with Crippen LogP contribution in [0.3, 0.4) is 0 Å². The Kier molecular flexibility index (Phi) is 7.29. The number of ether oxygens (including phenoxy) is 2. The van der Waals surface area contributed by atoms with Gasteiger partial charge < -0.3 is 25.0 Å². The third-order valence-electron chi connectivity index (χ3n) is 6.04. The van der Waals surface area contributed by atoms with Crippen LogP contribution in [0.2, 0.25) is 0 Å². The van der Waals surface area contributed by atoms with Crippen LogP contribution in [-0.4, -0.2) is 50.0 Å². The monoisotopic (exact) mass is 449 g/mol. The zero-order chi connectivity index (χ0) is 23.2. The highest BCUT2D eigenvalue weighted by Crippen LogP contribution is 2.33. The van der Waals surface area contributed by atoms with Crippen molar-refractivity contribution in [2.24, 2.45) is 5.92 Å². The minimum atomic E-state index is -0.373. The molecule has 2 aliphatic heterocycles. The van der Waals surface area contributed by atoms with E-state index in [0.29, 0.717) is 29.3 Å². The van der Waals surface area contributed by atoms with Crippen LogP contribution in [0, 0.1) is 5.92 Å². The number of para-hydroxylation sites is 1. The quantitative estimate of drug-likeness (QED) is 0.495. The maximum Gasteiger partial charge on any atom is 0.291 e. The van der Waals surface area contributed by atoms with Crippen molar-refractivity contribution in [2.45, 2.75) is 26.2 Å². The molecule has 2 amide bonds. The molecule has 33 heavy (non-hydrogen) atoms. The first-order chi connectivity index (χ1) is 16.0. The zero-order valence-electron chi connectivity index (χ0n) is 19.2. The van der Waals surface area contributed by atoms with E-state index in [1.807, 2.05) is 24.3 Å². The SMILES string of the molecule is COc1ccccc1/C=C1/Oc2ccc(C(=O)NCCCN3CCCC(C)C3)cc2NC1=O. The van der Waals surface area contributed by atoms with Crippen molar-refractivity contribution in [1.29, 1.82) is 0 Å². The fourth-order valence-corrected chi connectivity index (χ4v) is 4.32. The predicted octanol–water partition coefficient (Wildman–Crippen LogP) is 3.92. The van der Waals surface area contributed by atoms with Gasteiger partial charge in [-0.1, -0.05) is 25.1 Å². The van der Waals surface area contributed by atoms with Crippen LogP contribution in [-0.2, 0) is 4.79 Å². The highest BCUT2D eigenvalue weighted by Gasteiger charge is 2.24. The van der Waals surface area contributed by atoms with E-state index < -0.39 is 0 Å². The van der Waals surface area contributed by atoms with Gasteiger partial charge in [-0.05, 0) is 68.6 Å². The van der Waals surface area contributed by atoms with Gasteiger partial charge in [0.15, 0.2) is 11.5 Å². The number of nitrogens with zero attached hydrogens (tertiary/aromatic N) is 1. The maximum atomic E-state index is 12.6. The molecule has 2 aromatic rings. The van der Waals surface area contributed by atoms with Crippen molar-refractivity contribution < 1.29 is 19.1 Å². The van der Waals surface area contributed by atoms with Gasteiger partial charge in [-0.3, -0.25) is 9.59 Å². The van der Waals surface area contributed by atoms with Crippen molar-refractivity contribution in [1.82, 2.24) is 10.2 Å². The smallest absolute Gasteiger partial charge is 0.291 e. The lowest BCUT2D eigenvalue weighted by molar-refractivity contribution is -0.115. The fourth-order valence-electron chi connectivity index (χ4n) is 4.32. The third-order valence-corrected chi connectivity index (χ3v) is 6.04. The Morgan fingerprint density at radius 1 is 1.30 bits per heavy atom. The minimum Gasteiger partial charge on any atom is -0.496 e. The van der Waals surface area contributed by atoms with Crippen LogP contribution in [0.4, 0.5) is 5.69 Å². The number of hydrogen-bond donors (Lipinski definition) is 2. The molecule has 2 heterocycles. The van der Waals surface area contributed by atoms with Gasteiger partial charge in [0, 0.05) is 24.2 Å². The molecule has 2 aromatic carbocycles. The van der Waals surface area contributed by atoms with Gasteiger partial charge in [-0.15, -0.1) is 0 Å². The molecule has 0 aliphatic carbocycles. The lowest BCUT2D eigenvalue weighted by Crippen LogP contribution is -2.36. The molecule has 0 bridgehead atoms. The van der Waals surface area contributed by atoms with Gasteiger partial charge in [0.1, 0.15) is 5.75 Å². The molecule has 0 aromatic heterocycles. The van der Waals surface area contributed by atoms with Gasteiger partial charge in [0.2, 0.25) is 0 Å². The second kappa shape index (κ2) is 10.5. The fraction of sp³-hybridized carbons (Fsp3) is 0.385. The second-order valence-corrected chi connectivity index (χ2v) is 8.68. The summed E-state index contributed by atoms with van der Waals surface area (Å²) in [6.45, 7) is 6.21. The second-order valence-electron chi connectivity index (χ2n) is 8.68. The molecule has 1 unspecified atom stereocenters. The van der Waals surface area contributed by atoms with Crippen molar-refractivity contribution in [3.05, 3.63) is 59.4 Å². The Morgan fingerprint density at radius 3 is 2.97 bits per heavy atom. The molecule has 0 saturated carbocycles. The van der Waals surface area contributed by atoms with Crippen molar-refractivity contribution in [3.63, 3.8) is 0 Å². The van der Waals surface area contributed by atoms with Gasteiger partial charge >= 0.3 is 0 Å². The van der Waals surface area contributed by atoms with Crippen LogP contribution in [0.5, 0.6) is 11.5 Å². The molecule has 7 heteroatoms. The summed E-state index contributed by atoms with van der Waals surface area (Å²) in [5.74, 6) is 1.53. The molecule has 4 rings (SSSR count). The average Bonchev–Trinajstić information content (AvgIpc) is 2.82. The Bertz CT molecular complexity index is 1050. The Balaban J connectivity index is 1.35. The molecule has 7 nitrogen and oxygen atoms in total. The van der Waals surface area contributed by atoms with Crippen molar-refractivity contribution in [2.75, 3.05) is 38.6 Å². The van der Waals surface area contributed by atoms with E-state index in [1.54, 1.807) is 31.4 Å². The van der Waals surface area contributed by atoms with E-state index in [-0.39, 0.29) is 17.6 Å². The van der Waals surface area contributed by atoms with Gasteiger partial charge in [-0.2, -0.15) is 0 Å².